The first-order valence-electron chi connectivity index (χ1n) is 2.53. The number of guanidine groups is 1. The summed E-state index contributed by atoms with van der Waals surface area (Å²) in [5.74, 6) is 0.169. The van der Waals surface area contributed by atoms with E-state index >= 15 is 0 Å². The Balaban J connectivity index is 4.12. The van der Waals surface area contributed by atoms with Crippen LogP contribution in [0.3, 0.4) is 0 Å². The zero-order chi connectivity index (χ0) is 7.98. The van der Waals surface area contributed by atoms with Crippen molar-refractivity contribution in [3.05, 3.63) is 0 Å². The number of nitrogens with zero attached hydrogens (tertiary/aromatic N) is 3. The molecule has 0 amide bonds. The van der Waals surface area contributed by atoms with Crippen LogP contribution in [0.5, 0.6) is 0 Å². The van der Waals surface area contributed by atoms with Gasteiger partial charge in [-0.3, -0.25) is 0 Å². The van der Waals surface area contributed by atoms with E-state index in [0.717, 1.165) is 0 Å². The van der Waals surface area contributed by atoms with Crippen LogP contribution in [0.4, 0.5) is 0 Å². The van der Waals surface area contributed by atoms with Gasteiger partial charge in [-0.1, -0.05) is 0 Å². The summed E-state index contributed by atoms with van der Waals surface area (Å²) in [5.41, 5.74) is 15.1. The van der Waals surface area contributed by atoms with E-state index in [0.29, 0.717) is 5.84 Å². The molecule has 0 aromatic carbocycles. The van der Waals surface area contributed by atoms with Crippen LogP contribution in [-0.4, -0.2) is 25.1 Å². The molecule has 0 heterocycles. The molecule has 0 spiro atoms. The van der Waals surface area contributed by atoms with E-state index in [9.17, 15) is 0 Å². The maximum atomic E-state index is 5.15. The summed E-state index contributed by atoms with van der Waals surface area (Å²) in [4.78, 5) is 3.44. The molecule has 0 radical (unpaired) electrons. The van der Waals surface area contributed by atoms with E-state index in [1.54, 1.807) is 0 Å². The minimum absolute atomic E-state index is 0.130. The van der Waals surface area contributed by atoms with E-state index < -0.39 is 0 Å². The average Bonchev–Trinajstić information content (AvgIpc) is 1.90. The van der Waals surface area contributed by atoms with Crippen molar-refractivity contribution in [3.63, 3.8) is 0 Å². The van der Waals surface area contributed by atoms with Crippen molar-refractivity contribution >= 4 is 18.5 Å². The molecule has 0 saturated carbocycles. The fraction of sp³-hybridized carbons (Fsp3) is 0.250. The minimum atomic E-state index is -0.130. The minimum Gasteiger partial charge on any atom is -0.369 e. The zero-order valence-electron chi connectivity index (χ0n) is 5.49. The van der Waals surface area contributed by atoms with E-state index in [4.69, 9.17) is 17.2 Å². The van der Waals surface area contributed by atoms with Crippen LogP contribution >= 0.6 is 0 Å². The van der Waals surface area contributed by atoms with Crippen molar-refractivity contribution in [2.24, 2.45) is 32.4 Å². The maximum absolute atomic E-state index is 5.15. The van der Waals surface area contributed by atoms with Gasteiger partial charge in [0.1, 0.15) is 0 Å². The first kappa shape index (κ1) is 8.57. The van der Waals surface area contributed by atoms with Gasteiger partial charge < -0.3 is 17.2 Å². The second-order valence-electron chi connectivity index (χ2n) is 1.40. The van der Waals surface area contributed by atoms with Crippen molar-refractivity contribution in [2.75, 3.05) is 6.54 Å². The summed E-state index contributed by atoms with van der Waals surface area (Å²) in [7, 11) is 0. The van der Waals surface area contributed by atoms with Gasteiger partial charge in [-0.25, -0.2) is 4.99 Å². The fourth-order valence-electron chi connectivity index (χ4n) is 0.252. The van der Waals surface area contributed by atoms with Crippen LogP contribution in [0.25, 0.3) is 0 Å². The molecule has 0 aromatic rings. The van der Waals surface area contributed by atoms with Crippen molar-refractivity contribution in [1.82, 2.24) is 0 Å². The summed E-state index contributed by atoms with van der Waals surface area (Å²) in [6.07, 6.45) is 0. The topological polar surface area (TPSA) is 115 Å². The standard InChI is InChI=1S/C4H10N6/c1-8-3(2-5)9-10-4(6)7/h1-2,5H2,(H4,6,7,10)/b9-3-. The third kappa shape index (κ3) is 3.56. The van der Waals surface area contributed by atoms with Crippen molar-refractivity contribution in [1.29, 1.82) is 0 Å². The third-order valence-electron chi connectivity index (χ3n) is 0.646. The first-order chi connectivity index (χ1) is 4.70. The molecule has 10 heavy (non-hydrogen) atoms. The molecule has 0 atom stereocenters. The highest BCUT2D eigenvalue weighted by Crippen LogP contribution is 1.77. The highest BCUT2D eigenvalue weighted by molar-refractivity contribution is 5.88. The molecule has 0 fully saturated rings. The summed E-state index contributed by atoms with van der Waals surface area (Å²) in [5, 5.41) is 6.77. The molecule has 6 N–H and O–H groups in total. The summed E-state index contributed by atoms with van der Waals surface area (Å²) in [6.45, 7) is 3.37. The van der Waals surface area contributed by atoms with Crippen molar-refractivity contribution < 1.29 is 0 Å². The highest BCUT2D eigenvalue weighted by Gasteiger charge is 1.86. The van der Waals surface area contributed by atoms with E-state index in [-0.39, 0.29) is 12.5 Å². The lowest BCUT2D eigenvalue weighted by molar-refractivity contribution is 1.15. The van der Waals surface area contributed by atoms with Gasteiger partial charge in [0.2, 0.25) is 5.96 Å². The molecule has 6 heteroatoms. The molecule has 0 aliphatic carbocycles. The van der Waals surface area contributed by atoms with Crippen molar-refractivity contribution in [3.8, 4) is 0 Å². The smallest absolute Gasteiger partial charge is 0.211 e. The highest BCUT2D eigenvalue weighted by atomic mass is 15.3. The number of hydrogen-bond acceptors (Lipinski definition) is 3. The lowest BCUT2D eigenvalue weighted by atomic mass is 10.6. The van der Waals surface area contributed by atoms with Gasteiger partial charge in [-0.2, -0.15) is 0 Å². The van der Waals surface area contributed by atoms with Crippen LogP contribution in [0.1, 0.15) is 0 Å². The normalized spacial score (nSPS) is 10.7. The van der Waals surface area contributed by atoms with E-state index in [1.807, 2.05) is 0 Å². The number of rotatable bonds is 2. The Bertz CT molecular complexity index is 165. The SMILES string of the molecule is C=N/C(CN)=N\N=C(N)N. The number of aliphatic imine (C=N–C) groups is 1. The van der Waals surface area contributed by atoms with Crippen LogP contribution in [0.15, 0.2) is 15.2 Å². The lowest BCUT2D eigenvalue weighted by Crippen LogP contribution is -2.22. The van der Waals surface area contributed by atoms with Gasteiger partial charge in [0, 0.05) is 0 Å². The molecule has 0 rings (SSSR count). The molecular weight excluding hydrogens is 132 g/mol. The van der Waals surface area contributed by atoms with E-state index in [1.165, 1.54) is 0 Å². The Labute approximate surface area is 58.5 Å². The van der Waals surface area contributed by atoms with Gasteiger partial charge in [-0.05, 0) is 6.72 Å². The van der Waals surface area contributed by atoms with Gasteiger partial charge in [0.25, 0.3) is 0 Å². The molecule has 0 saturated heterocycles. The molecule has 6 nitrogen and oxygen atoms in total. The van der Waals surface area contributed by atoms with Crippen LogP contribution in [0, 0.1) is 0 Å². The second-order valence-corrected chi connectivity index (χ2v) is 1.40. The lowest BCUT2D eigenvalue weighted by Gasteiger charge is -1.89. The Morgan fingerprint density at radius 2 is 1.90 bits per heavy atom. The Kier molecular flexibility index (Phi) is 3.81. The Hall–Kier alpha value is -1.43. The van der Waals surface area contributed by atoms with Crippen molar-refractivity contribution in [2.45, 2.75) is 0 Å². The summed E-state index contributed by atoms with van der Waals surface area (Å²) >= 11 is 0. The Morgan fingerprint density at radius 1 is 1.30 bits per heavy atom. The maximum Gasteiger partial charge on any atom is 0.211 e. The number of hydrogen-bond donors (Lipinski definition) is 3. The predicted molar refractivity (Wildman–Crippen MR) is 41.8 cm³/mol. The van der Waals surface area contributed by atoms with Crippen LogP contribution in [0.2, 0.25) is 0 Å². The number of amidine groups is 1. The van der Waals surface area contributed by atoms with Crippen LogP contribution in [-0.2, 0) is 0 Å². The van der Waals surface area contributed by atoms with Gasteiger partial charge in [0.15, 0.2) is 5.84 Å². The molecule has 0 aromatic heterocycles. The first-order valence-corrected chi connectivity index (χ1v) is 2.53. The van der Waals surface area contributed by atoms with E-state index in [2.05, 4.69) is 21.9 Å². The van der Waals surface area contributed by atoms with Gasteiger partial charge in [-0.15, -0.1) is 10.2 Å². The quantitative estimate of drug-likeness (QED) is 0.241. The molecule has 0 aliphatic heterocycles. The Morgan fingerprint density at radius 3 is 2.20 bits per heavy atom. The predicted octanol–water partition coefficient (Wildman–Crippen LogP) is -1.77. The molecular formula is C4H10N6. The third-order valence-corrected chi connectivity index (χ3v) is 0.646. The summed E-state index contributed by atoms with van der Waals surface area (Å²) in [6, 6.07) is 0. The molecule has 0 bridgehead atoms. The monoisotopic (exact) mass is 142 g/mol. The average molecular weight is 142 g/mol. The zero-order valence-corrected chi connectivity index (χ0v) is 5.49. The number of nitrogens with two attached hydrogens (primary N) is 3. The summed E-state index contributed by atoms with van der Waals surface area (Å²) < 4.78 is 0. The molecule has 0 aliphatic rings. The molecule has 0 unspecified atom stereocenters. The second kappa shape index (κ2) is 4.45. The fourth-order valence-corrected chi connectivity index (χ4v) is 0.252. The van der Waals surface area contributed by atoms with Gasteiger partial charge >= 0.3 is 0 Å². The largest absolute Gasteiger partial charge is 0.369 e. The molecule has 56 valence electrons. The van der Waals surface area contributed by atoms with Crippen LogP contribution < -0.4 is 17.2 Å². The van der Waals surface area contributed by atoms with Gasteiger partial charge in [0.05, 0.1) is 6.54 Å².